The van der Waals surface area contributed by atoms with Crippen molar-refractivity contribution in [1.82, 2.24) is 4.98 Å². The number of carbonyl (C=O) groups excluding carboxylic acids is 2. The predicted octanol–water partition coefficient (Wildman–Crippen LogP) is 2.26. The highest BCUT2D eigenvalue weighted by Crippen LogP contribution is 2.32. The van der Waals surface area contributed by atoms with Crippen molar-refractivity contribution >= 4 is 17.4 Å². The van der Waals surface area contributed by atoms with E-state index in [1.165, 1.54) is 18.2 Å². The average Bonchev–Trinajstić information content (AvgIpc) is 2.66. The fourth-order valence-corrected chi connectivity index (χ4v) is 2.31. The van der Waals surface area contributed by atoms with Crippen LogP contribution in [0.5, 0.6) is 0 Å². The third kappa shape index (κ3) is 1.87. The minimum absolute atomic E-state index is 0.0470. The summed E-state index contributed by atoms with van der Waals surface area (Å²) in [6.45, 7) is 1.91. The molecule has 100 valence electrons. The van der Waals surface area contributed by atoms with E-state index in [0.717, 1.165) is 10.6 Å². The van der Waals surface area contributed by atoms with Crippen LogP contribution >= 0.6 is 0 Å². The van der Waals surface area contributed by atoms with Crippen LogP contribution in [0.15, 0.2) is 36.4 Å². The van der Waals surface area contributed by atoms with Crippen LogP contribution in [0.25, 0.3) is 0 Å². The van der Waals surface area contributed by atoms with Gasteiger partial charge in [0.15, 0.2) is 0 Å². The summed E-state index contributed by atoms with van der Waals surface area (Å²) in [5, 5.41) is 0. The SMILES string of the molecule is Cc1cccc(CN2C(=O)C(=O)c3cccc(F)c32)n1. The first-order valence-electron chi connectivity index (χ1n) is 6.15. The van der Waals surface area contributed by atoms with Gasteiger partial charge in [-0.1, -0.05) is 12.1 Å². The van der Waals surface area contributed by atoms with E-state index in [9.17, 15) is 14.0 Å². The summed E-state index contributed by atoms with van der Waals surface area (Å²) in [5.74, 6) is -1.96. The highest BCUT2D eigenvalue weighted by atomic mass is 19.1. The molecule has 1 aromatic carbocycles. The van der Waals surface area contributed by atoms with E-state index in [2.05, 4.69) is 4.98 Å². The Morgan fingerprint density at radius 3 is 2.65 bits per heavy atom. The van der Waals surface area contributed by atoms with Crippen molar-refractivity contribution in [2.45, 2.75) is 13.5 Å². The lowest BCUT2D eigenvalue weighted by molar-refractivity contribution is -0.114. The fourth-order valence-electron chi connectivity index (χ4n) is 2.31. The van der Waals surface area contributed by atoms with Crippen molar-refractivity contribution in [2.75, 3.05) is 4.90 Å². The van der Waals surface area contributed by atoms with Crippen LogP contribution in [0.1, 0.15) is 21.7 Å². The van der Waals surface area contributed by atoms with E-state index in [-0.39, 0.29) is 17.8 Å². The molecule has 0 fully saturated rings. The number of aromatic nitrogens is 1. The number of nitrogens with zero attached hydrogens (tertiary/aromatic N) is 2. The van der Waals surface area contributed by atoms with Crippen LogP contribution in [0.4, 0.5) is 10.1 Å². The summed E-state index contributed by atoms with van der Waals surface area (Å²) in [4.78, 5) is 29.2. The number of pyridine rings is 1. The van der Waals surface area contributed by atoms with Gasteiger partial charge in [-0.2, -0.15) is 0 Å². The average molecular weight is 270 g/mol. The maximum atomic E-state index is 13.9. The van der Waals surface area contributed by atoms with Gasteiger partial charge in [-0.15, -0.1) is 0 Å². The number of Topliss-reactive ketones (excluding diaryl/α,β-unsaturated/α-hetero) is 1. The summed E-state index contributed by atoms with van der Waals surface area (Å²) in [6, 6.07) is 9.50. The Morgan fingerprint density at radius 1 is 1.15 bits per heavy atom. The Kier molecular flexibility index (Phi) is 2.82. The summed E-state index contributed by atoms with van der Waals surface area (Å²) >= 11 is 0. The van der Waals surface area contributed by atoms with Gasteiger partial charge in [0, 0.05) is 5.69 Å². The van der Waals surface area contributed by atoms with Crippen LogP contribution in [0.3, 0.4) is 0 Å². The number of ketones is 1. The highest BCUT2D eigenvalue weighted by Gasteiger charge is 2.37. The number of halogens is 1. The maximum absolute atomic E-state index is 13.9. The van der Waals surface area contributed by atoms with E-state index >= 15 is 0 Å². The van der Waals surface area contributed by atoms with Gasteiger partial charge in [0.1, 0.15) is 5.82 Å². The van der Waals surface area contributed by atoms with E-state index in [1.807, 2.05) is 19.1 Å². The zero-order valence-electron chi connectivity index (χ0n) is 10.8. The molecule has 1 aromatic heterocycles. The van der Waals surface area contributed by atoms with E-state index in [4.69, 9.17) is 0 Å². The largest absolute Gasteiger partial charge is 0.299 e. The van der Waals surface area contributed by atoms with Gasteiger partial charge in [0.05, 0.1) is 23.5 Å². The summed E-state index contributed by atoms with van der Waals surface area (Å²) in [7, 11) is 0. The Balaban J connectivity index is 2.03. The standard InChI is InChI=1S/C15H11FN2O2/c1-9-4-2-5-10(17-9)8-18-13-11(14(19)15(18)20)6-3-7-12(13)16/h2-7H,8H2,1H3. The number of rotatable bonds is 2. The van der Waals surface area contributed by atoms with Crippen LogP contribution < -0.4 is 4.90 Å². The smallest absolute Gasteiger partial charge is 0.296 e. The zero-order chi connectivity index (χ0) is 14.3. The molecule has 0 atom stereocenters. The molecular weight excluding hydrogens is 259 g/mol. The van der Waals surface area contributed by atoms with Crippen LogP contribution in [0, 0.1) is 12.7 Å². The van der Waals surface area contributed by atoms with Crippen molar-refractivity contribution in [3.05, 3.63) is 59.2 Å². The quantitative estimate of drug-likeness (QED) is 0.786. The molecule has 5 heteroatoms. The molecule has 0 unspecified atom stereocenters. The molecule has 0 spiro atoms. The van der Waals surface area contributed by atoms with E-state index in [1.54, 1.807) is 6.07 Å². The molecule has 0 saturated carbocycles. The molecule has 0 saturated heterocycles. The molecule has 20 heavy (non-hydrogen) atoms. The second-order valence-corrected chi connectivity index (χ2v) is 4.63. The number of benzene rings is 1. The van der Waals surface area contributed by atoms with Gasteiger partial charge in [-0.25, -0.2) is 4.39 Å². The minimum Gasteiger partial charge on any atom is -0.296 e. The fraction of sp³-hybridized carbons (Fsp3) is 0.133. The minimum atomic E-state index is -0.714. The molecule has 2 heterocycles. The third-order valence-corrected chi connectivity index (χ3v) is 3.21. The Bertz CT molecular complexity index is 728. The predicted molar refractivity (Wildman–Crippen MR) is 70.9 cm³/mol. The van der Waals surface area contributed by atoms with Crippen LogP contribution in [-0.2, 0) is 11.3 Å². The number of amides is 1. The second kappa shape index (κ2) is 4.52. The lowest BCUT2D eigenvalue weighted by Crippen LogP contribution is -2.30. The first-order valence-corrected chi connectivity index (χ1v) is 6.15. The first-order chi connectivity index (χ1) is 9.58. The van der Waals surface area contributed by atoms with Crippen molar-refractivity contribution in [1.29, 1.82) is 0 Å². The molecule has 0 bridgehead atoms. The summed E-state index contributed by atoms with van der Waals surface area (Å²) in [5.41, 5.74) is 1.57. The molecular formula is C15H11FN2O2. The van der Waals surface area contributed by atoms with Crippen molar-refractivity contribution in [3.63, 3.8) is 0 Å². The Morgan fingerprint density at radius 2 is 1.90 bits per heavy atom. The normalized spacial score (nSPS) is 13.8. The monoisotopic (exact) mass is 270 g/mol. The highest BCUT2D eigenvalue weighted by molar-refractivity contribution is 6.52. The molecule has 3 rings (SSSR count). The molecule has 1 amide bonds. The van der Waals surface area contributed by atoms with Gasteiger partial charge in [0.25, 0.3) is 11.7 Å². The molecule has 1 aliphatic heterocycles. The number of carbonyl (C=O) groups is 2. The number of fused-ring (bicyclic) bond motifs is 1. The lowest BCUT2D eigenvalue weighted by atomic mass is 10.1. The maximum Gasteiger partial charge on any atom is 0.299 e. The summed E-state index contributed by atoms with van der Waals surface area (Å²) < 4.78 is 13.9. The van der Waals surface area contributed by atoms with Crippen LogP contribution in [-0.4, -0.2) is 16.7 Å². The topological polar surface area (TPSA) is 50.3 Å². The van der Waals surface area contributed by atoms with E-state index < -0.39 is 17.5 Å². The molecule has 0 N–H and O–H groups in total. The van der Waals surface area contributed by atoms with Gasteiger partial charge in [-0.05, 0) is 31.2 Å². The van der Waals surface area contributed by atoms with Gasteiger partial charge >= 0.3 is 0 Å². The van der Waals surface area contributed by atoms with Crippen molar-refractivity contribution < 1.29 is 14.0 Å². The summed E-state index contributed by atoms with van der Waals surface area (Å²) in [6.07, 6.45) is 0. The molecule has 1 aliphatic rings. The second-order valence-electron chi connectivity index (χ2n) is 4.63. The van der Waals surface area contributed by atoms with E-state index in [0.29, 0.717) is 5.69 Å². The van der Waals surface area contributed by atoms with Crippen molar-refractivity contribution in [3.8, 4) is 0 Å². The number of aryl methyl sites for hydroxylation is 1. The van der Waals surface area contributed by atoms with Gasteiger partial charge in [-0.3, -0.25) is 19.5 Å². The third-order valence-electron chi connectivity index (χ3n) is 3.21. The van der Waals surface area contributed by atoms with Crippen molar-refractivity contribution in [2.24, 2.45) is 0 Å². The van der Waals surface area contributed by atoms with Crippen LogP contribution in [0.2, 0.25) is 0 Å². The Hall–Kier alpha value is -2.56. The lowest BCUT2D eigenvalue weighted by Gasteiger charge is -2.16. The molecule has 0 radical (unpaired) electrons. The van der Waals surface area contributed by atoms with Gasteiger partial charge in [0.2, 0.25) is 0 Å². The molecule has 4 nitrogen and oxygen atoms in total. The molecule has 2 aromatic rings. The number of hydrogen-bond acceptors (Lipinski definition) is 3. The van der Waals surface area contributed by atoms with Gasteiger partial charge < -0.3 is 0 Å². The zero-order valence-corrected chi connectivity index (χ0v) is 10.8. The Labute approximate surface area is 114 Å². The number of anilines is 1. The molecule has 0 aliphatic carbocycles. The number of hydrogen-bond donors (Lipinski definition) is 0. The number of para-hydroxylation sites is 1. The first kappa shape index (κ1) is 12.5.